The van der Waals surface area contributed by atoms with Crippen molar-refractivity contribution < 1.29 is 4.79 Å². The molecule has 98 valence electrons. The van der Waals surface area contributed by atoms with Crippen molar-refractivity contribution >= 4 is 17.4 Å². The lowest BCUT2D eigenvalue weighted by atomic mass is 9.96. The van der Waals surface area contributed by atoms with Gasteiger partial charge < -0.3 is 11.1 Å². The van der Waals surface area contributed by atoms with Gasteiger partial charge in [0.15, 0.2) is 0 Å². The van der Waals surface area contributed by atoms with Gasteiger partial charge in [-0.2, -0.15) is 0 Å². The Kier molecular flexibility index (Phi) is 4.07. The van der Waals surface area contributed by atoms with Gasteiger partial charge in [0, 0.05) is 24.5 Å². The van der Waals surface area contributed by atoms with E-state index < -0.39 is 0 Å². The van der Waals surface area contributed by atoms with E-state index in [0.29, 0.717) is 11.7 Å². The van der Waals surface area contributed by atoms with Gasteiger partial charge in [0.25, 0.3) is 0 Å². The van der Waals surface area contributed by atoms with Crippen molar-refractivity contribution in [1.29, 1.82) is 0 Å². The first-order valence-corrected chi connectivity index (χ1v) is 6.56. The zero-order chi connectivity index (χ0) is 13.0. The van der Waals surface area contributed by atoms with E-state index in [-0.39, 0.29) is 6.03 Å². The first-order chi connectivity index (χ1) is 8.66. The van der Waals surface area contributed by atoms with Crippen molar-refractivity contribution in [3.8, 4) is 0 Å². The molecule has 4 nitrogen and oxygen atoms in total. The summed E-state index contributed by atoms with van der Waals surface area (Å²) in [7, 11) is 1.78. The van der Waals surface area contributed by atoms with E-state index in [0.717, 1.165) is 18.5 Å². The number of hydrogen-bond donors (Lipinski definition) is 2. The number of nitrogen functional groups attached to an aromatic ring is 1. The van der Waals surface area contributed by atoms with E-state index in [2.05, 4.69) is 5.32 Å². The summed E-state index contributed by atoms with van der Waals surface area (Å²) in [6, 6.07) is 7.62. The van der Waals surface area contributed by atoms with Crippen LogP contribution < -0.4 is 16.0 Å². The minimum Gasteiger partial charge on any atom is -0.399 e. The normalized spacial score (nSPS) is 16.3. The second kappa shape index (κ2) is 5.76. The second-order valence-electron chi connectivity index (χ2n) is 4.93. The minimum absolute atomic E-state index is 0.0355. The maximum atomic E-state index is 12.1. The molecule has 1 aliphatic rings. The number of rotatable bonds is 2. The largest absolute Gasteiger partial charge is 0.399 e. The summed E-state index contributed by atoms with van der Waals surface area (Å²) in [5.74, 6) is 0. The van der Waals surface area contributed by atoms with E-state index in [1.807, 2.05) is 12.1 Å². The standard InChI is InChI=1S/C14H21N3O/c1-17(13-9-7-11(15)8-10-13)14(18)16-12-5-3-2-4-6-12/h7-10,12H,2-6,15H2,1H3,(H,16,18). The molecule has 0 aromatic heterocycles. The smallest absolute Gasteiger partial charge is 0.321 e. The fourth-order valence-electron chi connectivity index (χ4n) is 2.33. The summed E-state index contributed by atoms with van der Waals surface area (Å²) >= 11 is 0. The van der Waals surface area contributed by atoms with Crippen LogP contribution in [0.15, 0.2) is 24.3 Å². The molecule has 1 aliphatic carbocycles. The number of nitrogens with zero attached hydrogens (tertiary/aromatic N) is 1. The fourth-order valence-corrected chi connectivity index (χ4v) is 2.33. The number of nitrogens with one attached hydrogen (secondary N) is 1. The quantitative estimate of drug-likeness (QED) is 0.789. The van der Waals surface area contributed by atoms with Crippen molar-refractivity contribution in [3.63, 3.8) is 0 Å². The molecule has 0 unspecified atom stereocenters. The average Bonchev–Trinajstić information content (AvgIpc) is 2.40. The Hall–Kier alpha value is -1.71. The van der Waals surface area contributed by atoms with Crippen LogP contribution in [0, 0.1) is 0 Å². The lowest BCUT2D eigenvalue weighted by Crippen LogP contribution is -2.43. The highest BCUT2D eigenvalue weighted by Gasteiger charge is 2.18. The molecule has 0 saturated heterocycles. The van der Waals surface area contributed by atoms with Gasteiger partial charge in [-0.3, -0.25) is 4.90 Å². The molecule has 4 heteroatoms. The topological polar surface area (TPSA) is 58.4 Å². The van der Waals surface area contributed by atoms with E-state index in [1.54, 1.807) is 24.1 Å². The number of nitrogens with two attached hydrogens (primary N) is 1. The molecule has 0 atom stereocenters. The molecule has 2 amide bonds. The van der Waals surface area contributed by atoms with Gasteiger partial charge in [0.05, 0.1) is 0 Å². The van der Waals surface area contributed by atoms with E-state index in [9.17, 15) is 4.79 Å². The van der Waals surface area contributed by atoms with Gasteiger partial charge in [-0.05, 0) is 37.1 Å². The van der Waals surface area contributed by atoms with E-state index in [1.165, 1.54) is 19.3 Å². The Morgan fingerprint density at radius 2 is 1.83 bits per heavy atom. The van der Waals surface area contributed by atoms with Gasteiger partial charge >= 0.3 is 6.03 Å². The molecule has 1 fully saturated rings. The van der Waals surface area contributed by atoms with Crippen LogP contribution in [0.2, 0.25) is 0 Å². The third-order valence-corrected chi connectivity index (χ3v) is 3.52. The summed E-state index contributed by atoms with van der Waals surface area (Å²) in [6.45, 7) is 0. The lowest BCUT2D eigenvalue weighted by molar-refractivity contribution is 0.239. The number of carbonyl (C=O) groups excluding carboxylic acids is 1. The molecule has 1 aromatic rings. The minimum atomic E-state index is -0.0355. The molecule has 0 aliphatic heterocycles. The average molecular weight is 247 g/mol. The van der Waals surface area contributed by atoms with Crippen molar-refractivity contribution in [2.75, 3.05) is 17.7 Å². The molecule has 0 radical (unpaired) electrons. The van der Waals surface area contributed by atoms with Crippen molar-refractivity contribution in [1.82, 2.24) is 5.32 Å². The van der Waals surface area contributed by atoms with Crippen molar-refractivity contribution in [2.45, 2.75) is 38.1 Å². The lowest BCUT2D eigenvalue weighted by Gasteiger charge is -2.26. The maximum absolute atomic E-state index is 12.1. The van der Waals surface area contributed by atoms with Crippen LogP contribution in [0.5, 0.6) is 0 Å². The molecular formula is C14H21N3O. The first-order valence-electron chi connectivity index (χ1n) is 6.56. The number of hydrogen-bond acceptors (Lipinski definition) is 2. The Balaban J connectivity index is 1.93. The predicted molar refractivity (Wildman–Crippen MR) is 74.7 cm³/mol. The van der Waals surface area contributed by atoms with Crippen LogP contribution in [0.25, 0.3) is 0 Å². The highest BCUT2D eigenvalue weighted by Crippen LogP contribution is 2.19. The highest BCUT2D eigenvalue weighted by atomic mass is 16.2. The Bertz CT molecular complexity index is 396. The number of anilines is 2. The van der Waals surface area contributed by atoms with Gasteiger partial charge in [-0.25, -0.2) is 4.79 Å². The summed E-state index contributed by atoms with van der Waals surface area (Å²) in [4.78, 5) is 13.7. The first kappa shape index (κ1) is 12.7. The van der Waals surface area contributed by atoms with Gasteiger partial charge in [0.1, 0.15) is 0 Å². The zero-order valence-electron chi connectivity index (χ0n) is 10.9. The van der Waals surface area contributed by atoms with Gasteiger partial charge in [-0.1, -0.05) is 19.3 Å². The molecule has 0 bridgehead atoms. The Labute approximate surface area is 108 Å². The highest BCUT2D eigenvalue weighted by molar-refractivity contribution is 5.91. The van der Waals surface area contributed by atoms with Crippen molar-refractivity contribution in [3.05, 3.63) is 24.3 Å². The van der Waals surface area contributed by atoms with E-state index in [4.69, 9.17) is 5.73 Å². The van der Waals surface area contributed by atoms with Crippen LogP contribution in [0.4, 0.5) is 16.2 Å². The third-order valence-electron chi connectivity index (χ3n) is 3.52. The molecule has 18 heavy (non-hydrogen) atoms. The molecule has 0 heterocycles. The van der Waals surface area contributed by atoms with E-state index >= 15 is 0 Å². The third kappa shape index (κ3) is 3.15. The Morgan fingerprint density at radius 1 is 1.22 bits per heavy atom. The van der Waals surface area contributed by atoms with Crippen LogP contribution >= 0.6 is 0 Å². The second-order valence-corrected chi connectivity index (χ2v) is 4.93. The van der Waals surface area contributed by atoms with Crippen LogP contribution in [-0.2, 0) is 0 Å². The molecular weight excluding hydrogens is 226 g/mol. The summed E-state index contributed by atoms with van der Waals surface area (Å²) in [6.07, 6.45) is 5.93. The number of benzene rings is 1. The van der Waals surface area contributed by atoms with Crippen LogP contribution in [-0.4, -0.2) is 19.1 Å². The van der Waals surface area contributed by atoms with Gasteiger partial charge in [0.2, 0.25) is 0 Å². The molecule has 0 spiro atoms. The maximum Gasteiger partial charge on any atom is 0.321 e. The summed E-state index contributed by atoms with van der Waals surface area (Å²) in [5.41, 5.74) is 7.20. The predicted octanol–water partition coefficient (Wildman–Crippen LogP) is 2.75. The SMILES string of the molecule is CN(C(=O)NC1CCCCC1)c1ccc(N)cc1. The Morgan fingerprint density at radius 3 is 2.44 bits per heavy atom. The molecule has 1 saturated carbocycles. The van der Waals surface area contributed by atoms with Crippen molar-refractivity contribution in [2.24, 2.45) is 0 Å². The van der Waals surface area contributed by atoms with Crippen LogP contribution in [0.1, 0.15) is 32.1 Å². The fraction of sp³-hybridized carbons (Fsp3) is 0.500. The summed E-state index contributed by atoms with van der Waals surface area (Å²) in [5, 5.41) is 3.09. The number of carbonyl (C=O) groups is 1. The molecule has 3 N–H and O–H groups in total. The summed E-state index contributed by atoms with van der Waals surface area (Å²) < 4.78 is 0. The monoisotopic (exact) mass is 247 g/mol. The molecule has 2 rings (SSSR count). The van der Waals surface area contributed by atoms with Gasteiger partial charge in [-0.15, -0.1) is 0 Å². The zero-order valence-corrected chi connectivity index (χ0v) is 10.9. The number of urea groups is 1. The van der Waals surface area contributed by atoms with Crippen LogP contribution in [0.3, 0.4) is 0 Å². The number of amides is 2. The molecule has 1 aromatic carbocycles.